The van der Waals surface area contributed by atoms with Crippen LogP contribution in [0.25, 0.3) is 0 Å². The van der Waals surface area contributed by atoms with E-state index in [0.29, 0.717) is 16.9 Å². The number of hydrogen-bond acceptors (Lipinski definition) is 4. The highest BCUT2D eigenvalue weighted by atomic mass is 35.5. The zero-order chi connectivity index (χ0) is 20.0. The summed E-state index contributed by atoms with van der Waals surface area (Å²) in [6, 6.07) is 8.80. The summed E-state index contributed by atoms with van der Waals surface area (Å²) in [5.74, 6) is -0.846. The van der Waals surface area contributed by atoms with Gasteiger partial charge in [0.1, 0.15) is 0 Å². The molecule has 0 aliphatic rings. The van der Waals surface area contributed by atoms with E-state index < -0.39 is 17.6 Å². The molecule has 0 aliphatic heterocycles. The van der Waals surface area contributed by atoms with E-state index in [-0.39, 0.29) is 23.2 Å². The molecule has 0 spiro atoms. The number of aromatic nitrogens is 1. The number of carbonyl (C=O) groups is 2. The Morgan fingerprint density at radius 2 is 1.93 bits per heavy atom. The third kappa shape index (κ3) is 6.44. The van der Waals surface area contributed by atoms with Gasteiger partial charge in [0.25, 0.3) is 0 Å². The molecule has 1 N–H and O–H groups in total. The van der Waals surface area contributed by atoms with E-state index >= 15 is 0 Å². The highest BCUT2D eigenvalue weighted by Gasteiger charge is 2.30. The number of benzene rings is 1. The summed E-state index contributed by atoms with van der Waals surface area (Å²) in [6.07, 6.45) is -3.74. The molecule has 2 rings (SSSR count). The van der Waals surface area contributed by atoms with E-state index in [2.05, 4.69) is 10.3 Å². The Morgan fingerprint density at radius 1 is 1.22 bits per heavy atom. The first-order chi connectivity index (χ1) is 12.7. The van der Waals surface area contributed by atoms with Crippen molar-refractivity contribution in [2.75, 3.05) is 24.7 Å². The second kappa shape index (κ2) is 9.09. The van der Waals surface area contributed by atoms with Crippen LogP contribution in [0.4, 0.5) is 18.9 Å². The molecule has 1 aromatic heterocycles. The number of nitrogens with zero attached hydrogens (tertiary/aromatic N) is 2. The fourth-order valence-corrected chi connectivity index (χ4v) is 2.90. The van der Waals surface area contributed by atoms with Gasteiger partial charge in [0, 0.05) is 13.2 Å². The van der Waals surface area contributed by atoms with Crippen LogP contribution in [0.15, 0.2) is 47.6 Å². The largest absolute Gasteiger partial charge is 0.417 e. The van der Waals surface area contributed by atoms with Gasteiger partial charge in [0.15, 0.2) is 0 Å². The number of anilines is 1. The zero-order valence-corrected chi connectivity index (χ0v) is 15.7. The first kappa shape index (κ1) is 21.0. The van der Waals surface area contributed by atoms with Crippen LogP contribution in [0.2, 0.25) is 5.02 Å². The summed E-state index contributed by atoms with van der Waals surface area (Å²) < 4.78 is 37.5. The summed E-state index contributed by atoms with van der Waals surface area (Å²) in [4.78, 5) is 29.0. The number of nitrogens with one attached hydrogen (secondary N) is 1. The monoisotopic (exact) mass is 417 g/mol. The van der Waals surface area contributed by atoms with Crippen molar-refractivity contribution in [3.63, 3.8) is 0 Å². The Balaban J connectivity index is 1.83. The smallest absolute Gasteiger partial charge is 0.336 e. The predicted molar refractivity (Wildman–Crippen MR) is 97.7 cm³/mol. The third-order valence-electron chi connectivity index (χ3n) is 3.36. The fraction of sp³-hybridized carbons (Fsp3) is 0.235. The van der Waals surface area contributed by atoms with Crippen LogP contribution >= 0.6 is 23.4 Å². The Kier molecular flexibility index (Phi) is 7.09. The molecule has 2 aromatic rings. The number of hydrogen-bond donors (Lipinski definition) is 1. The molecule has 0 atom stereocenters. The second-order valence-corrected chi connectivity index (χ2v) is 6.85. The minimum atomic E-state index is -4.46. The van der Waals surface area contributed by atoms with Gasteiger partial charge in [-0.1, -0.05) is 35.5 Å². The third-order valence-corrected chi connectivity index (χ3v) is 4.62. The lowest BCUT2D eigenvalue weighted by atomic mass is 10.3. The molecule has 10 heteroatoms. The van der Waals surface area contributed by atoms with Crippen molar-refractivity contribution >= 4 is 40.9 Å². The van der Waals surface area contributed by atoms with Gasteiger partial charge < -0.3 is 10.2 Å². The number of para-hydroxylation sites is 1. The van der Waals surface area contributed by atoms with Crippen LogP contribution < -0.4 is 5.32 Å². The van der Waals surface area contributed by atoms with Crippen molar-refractivity contribution in [1.29, 1.82) is 0 Å². The average molecular weight is 418 g/mol. The molecule has 1 heterocycles. The zero-order valence-electron chi connectivity index (χ0n) is 14.1. The van der Waals surface area contributed by atoms with Crippen molar-refractivity contribution in [2.24, 2.45) is 0 Å². The quantitative estimate of drug-likeness (QED) is 0.723. The van der Waals surface area contributed by atoms with Gasteiger partial charge in [-0.05, 0) is 24.3 Å². The molecule has 0 unspecified atom stereocenters. The predicted octanol–water partition coefficient (Wildman–Crippen LogP) is 3.94. The standard InChI is InChI=1S/C17H15ClF3N3O2S/c1-24(9-14(25)23-13-5-3-2-4-12(13)18)16(26)10-27-15-7-6-11(8-22-15)17(19,20)21/h2-8H,9-10H2,1H3,(H,23,25). The minimum absolute atomic E-state index is 0.0613. The lowest BCUT2D eigenvalue weighted by molar-refractivity contribution is -0.137. The van der Waals surface area contributed by atoms with Crippen molar-refractivity contribution in [3.05, 3.63) is 53.2 Å². The molecule has 27 heavy (non-hydrogen) atoms. The maximum absolute atomic E-state index is 12.5. The topological polar surface area (TPSA) is 62.3 Å². The molecule has 0 saturated carbocycles. The van der Waals surface area contributed by atoms with E-state index in [1.165, 1.54) is 18.0 Å². The van der Waals surface area contributed by atoms with E-state index in [0.717, 1.165) is 17.8 Å². The molecule has 0 bridgehead atoms. The van der Waals surface area contributed by atoms with Crippen molar-refractivity contribution < 1.29 is 22.8 Å². The highest BCUT2D eigenvalue weighted by Crippen LogP contribution is 2.29. The average Bonchev–Trinajstić information content (AvgIpc) is 2.61. The van der Waals surface area contributed by atoms with Crippen LogP contribution in [0.1, 0.15) is 5.56 Å². The summed E-state index contributed by atoms with van der Waals surface area (Å²) >= 11 is 6.94. The summed E-state index contributed by atoms with van der Waals surface area (Å²) in [5, 5.41) is 3.26. The number of pyridine rings is 1. The van der Waals surface area contributed by atoms with Gasteiger partial charge in [-0.15, -0.1) is 0 Å². The number of carbonyl (C=O) groups excluding carboxylic acids is 2. The summed E-state index contributed by atoms with van der Waals surface area (Å²) in [5.41, 5.74) is -0.417. The maximum atomic E-state index is 12.5. The van der Waals surface area contributed by atoms with Crippen LogP contribution in [0.5, 0.6) is 0 Å². The molecular formula is C17H15ClF3N3O2S. The number of thioether (sulfide) groups is 1. The number of likely N-dealkylation sites (N-methyl/N-ethyl adjacent to an activating group) is 1. The van der Waals surface area contributed by atoms with E-state index in [9.17, 15) is 22.8 Å². The number of alkyl halides is 3. The molecule has 2 amide bonds. The molecule has 144 valence electrons. The lowest BCUT2D eigenvalue weighted by Gasteiger charge is -2.17. The summed E-state index contributed by atoms with van der Waals surface area (Å²) in [7, 11) is 1.45. The molecule has 0 radical (unpaired) electrons. The molecule has 0 fully saturated rings. The SMILES string of the molecule is CN(CC(=O)Nc1ccccc1Cl)C(=O)CSc1ccc(C(F)(F)F)cn1. The van der Waals surface area contributed by atoms with Crippen LogP contribution in [-0.2, 0) is 15.8 Å². The van der Waals surface area contributed by atoms with Gasteiger partial charge >= 0.3 is 6.18 Å². The molecule has 0 aliphatic carbocycles. The molecule has 1 aromatic carbocycles. The van der Waals surface area contributed by atoms with Gasteiger partial charge in [-0.3, -0.25) is 9.59 Å². The number of amides is 2. The number of rotatable bonds is 6. The van der Waals surface area contributed by atoms with Gasteiger partial charge in [0.2, 0.25) is 11.8 Å². The highest BCUT2D eigenvalue weighted by molar-refractivity contribution is 7.99. The van der Waals surface area contributed by atoms with Gasteiger partial charge in [-0.2, -0.15) is 13.2 Å². The van der Waals surface area contributed by atoms with E-state index in [1.807, 2.05) is 0 Å². The van der Waals surface area contributed by atoms with Crippen LogP contribution in [0.3, 0.4) is 0 Å². The molecule has 5 nitrogen and oxygen atoms in total. The lowest BCUT2D eigenvalue weighted by Crippen LogP contribution is -2.36. The Hall–Kier alpha value is -2.26. The van der Waals surface area contributed by atoms with E-state index in [1.54, 1.807) is 24.3 Å². The fourth-order valence-electron chi connectivity index (χ4n) is 1.94. The first-order valence-corrected chi connectivity index (χ1v) is 8.97. The molecular weight excluding hydrogens is 403 g/mol. The normalized spacial score (nSPS) is 11.1. The Morgan fingerprint density at radius 3 is 2.52 bits per heavy atom. The van der Waals surface area contributed by atoms with Crippen molar-refractivity contribution in [3.8, 4) is 0 Å². The van der Waals surface area contributed by atoms with Crippen LogP contribution in [0, 0.1) is 0 Å². The van der Waals surface area contributed by atoms with E-state index in [4.69, 9.17) is 11.6 Å². The Labute approximate surface area is 162 Å². The Bertz CT molecular complexity index is 816. The van der Waals surface area contributed by atoms with Crippen LogP contribution in [-0.4, -0.2) is 41.0 Å². The van der Waals surface area contributed by atoms with Crippen molar-refractivity contribution in [1.82, 2.24) is 9.88 Å². The first-order valence-electron chi connectivity index (χ1n) is 7.61. The van der Waals surface area contributed by atoms with Crippen molar-refractivity contribution in [2.45, 2.75) is 11.2 Å². The summed E-state index contributed by atoms with van der Waals surface area (Å²) in [6.45, 7) is -0.189. The minimum Gasteiger partial charge on any atom is -0.336 e. The molecule has 0 saturated heterocycles. The maximum Gasteiger partial charge on any atom is 0.417 e. The number of halogens is 4. The second-order valence-electron chi connectivity index (χ2n) is 5.45. The van der Waals surface area contributed by atoms with Gasteiger partial charge in [-0.25, -0.2) is 4.98 Å². The van der Waals surface area contributed by atoms with Gasteiger partial charge in [0.05, 0.1) is 33.6 Å².